The minimum atomic E-state index is -0.787. The van der Waals surface area contributed by atoms with Gasteiger partial charge in [-0.15, -0.1) is 0 Å². The molecule has 7 heteroatoms. The maximum atomic E-state index is 12.0. The van der Waals surface area contributed by atoms with Crippen LogP contribution < -0.4 is 0 Å². The second-order valence-corrected chi connectivity index (χ2v) is 5.26. The Bertz CT molecular complexity index is 362. The predicted octanol–water partition coefficient (Wildman–Crippen LogP) is 0.710. The number of hydrogen-bond donors (Lipinski definition) is 0. The van der Waals surface area contributed by atoms with Gasteiger partial charge in [0.2, 0.25) is 0 Å². The number of carbonyl (C=O) groups is 3. The van der Waals surface area contributed by atoms with E-state index in [1.54, 1.807) is 20.8 Å². The fourth-order valence-corrected chi connectivity index (χ4v) is 1.86. The molecule has 2 atom stereocenters. The third-order valence-electron chi connectivity index (χ3n) is 2.61. The molecule has 7 nitrogen and oxygen atoms in total. The molecule has 0 saturated carbocycles. The van der Waals surface area contributed by atoms with Crippen LogP contribution in [0.3, 0.4) is 0 Å². The quantitative estimate of drug-likeness (QED) is 0.428. The van der Waals surface area contributed by atoms with Crippen molar-refractivity contribution >= 4 is 18.5 Å². The largest absolute Gasteiger partial charge is 0.467 e. The lowest BCUT2D eigenvalue weighted by Gasteiger charge is -2.27. The highest BCUT2D eigenvalue weighted by Gasteiger charge is 2.43. The average molecular weight is 273 g/mol. The highest BCUT2D eigenvalue weighted by atomic mass is 16.6. The van der Waals surface area contributed by atoms with Crippen molar-refractivity contribution in [3.63, 3.8) is 0 Å². The van der Waals surface area contributed by atoms with E-state index in [9.17, 15) is 14.4 Å². The Labute approximate surface area is 111 Å². The Morgan fingerprint density at radius 2 is 1.95 bits per heavy atom. The number of ether oxygens (including phenoxy) is 3. The number of amides is 1. The molecule has 0 radical (unpaired) electrons. The summed E-state index contributed by atoms with van der Waals surface area (Å²) in [5.74, 6) is -0.553. The van der Waals surface area contributed by atoms with Crippen LogP contribution >= 0.6 is 0 Å². The molecule has 1 saturated heterocycles. The fraction of sp³-hybridized carbons (Fsp3) is 0.750. The summed E-state index contributed by atoms with van der Waals surface area (Å²) in [7, 11) is 1.24. The first kappa shape index (κ1) is 15.3. The van der Waals surface area contributed by atoms with Gasteiger partial charge in [0.25, 0.3) is 6.47 Å². The van der Waals surface area contributed by atoms with Crippen molar-refractivity contribution in [3.8, 4) is 0 Å². The third-order valence-corrected chi connectivity index (χ3v) is 2.61. The molecule has 19 heavy (non-hydrogen) atoms. The summed E-state index contributed by atoms with van der Waals surface area (Å²) in [6, 6.07) is -0.787. The lowest BCUT2D eigenvalue weighted by atomic mass is 10.2. The lowest BCUT2D eigenvalue weighted by Crippen LogP contribution is -2.44. The molecule has 1 unspecified atom stereocenters. The van der Waals surface area contributed by atoms with Crippen molar-refractivity contribution in [1.29, 1.82) is 0 Å². The zero-order chi connectivity index (χ0) is 14.6. The predicted molar refractivity (Wildman–Crippen MR) is 64.3 cm³/mol. The molecule has 0 aromatic heterocycles. The molecule has 108 valence electrons. The highest BCUT2D eigenvalue weighted by molar-refractivity contribution is 5.82. The van der Waals surface area contributed by atoms with Gasteiger partial charge in [-0.2, -0.15) is 0 Å². The van der Waals surface area contributed by atoms with Crippen LogP contribution in [0.2, 0.25) is 0 Å². The van der Waals surface area contributed by atoms with Crippen LogP contribution in [0.25, 0.3) is 0 Å². The van der Waals surface area contributed by atoms with Crippen molar-refractivity contribution in [2.75, 3.05) is 13.7 Å². The van der Waals surface area contributed by atoms with Gasteiger partial charge >= 0.3 is 12.1 Å². The van der Waals surface area contributed by atoms with Crippen LogP contribution in [-0.4, -0.2) is 54.8 Å². The molecule has 0 N–H and O–H groups in total. The van der Waals surface area contributed by atoms with E-state index in [4.69, 9.17) is 9.47 Å². The van der Waals surface area contributed by atoms with Gasteiger partial charge in [0.05, 0.1) is 13.7 Å². The van der Waals surface area contributed by atoms with Gasteiger partial charge < -0.3 is 14.2 Å². The number of rotatable bonds is 3. The van der Waals surface area contributed by atoms with E-state index >= 15 is 0 Å². The Kier molecular flexibility index (Phi) is 4.74. The maximum Gasteiger partial charge on any atom is 0.411 e. The molecule has 1 heterocycles. The van der Waals surface area contributed by atoms with Gasteiger partial charge in [-0.3, -0.25) is 9.69 Å². The molecule has 1 rings (SSSR count). The summed E-state index contributed by atoms with van der Waals surface area (Å²) in [6.45, 7) is 5.61. The second kappa shape index (κ2) is 5.90. The molecular weight excluding hydrogens is 254 g/mol. The number of hydrogen-bond acceptors (Lipinski definition) is 6. The zero-order valence-electron chi connectivity index (χ0n) is 11.5. The smallest absolute Gasteiger partial charge is 0.411 e. The summed E-state index contributed by atoms with van der Waals surface area (Å²) in [5.41, 5.74) is -0.665. The Hall–Kier alpha value is -1.79. The molecule has 0 spiro atoms. The molecular formula is C12H19NO6. The normalized spacial score (nSPS) is 22.8. The van der Waals surface area contributed by atoms with Gasteiger partial charge in [0, 0.05) is 6.42 Å². The molecule has 1 aliphatic heterocycles. The van der Waals surface area contributed by atoms with Crippen molar-refractivity contribution in [1.82, 2.24) is 4.90 Å². The molecule has 0 aromatic rings. The fourth-order valence-electron chi connectivity index (χ4n) is 1.86. The average Bonchev–Trinajstić information content (AvgIpc) is 2.70. The standard InChI is InChI=1S/C12H19NO6/c1-12(2,3)19-11(16)13-6-8(18-7-14)5-9(13)10(15)17-4/h7-9H,5-6H2,1-4H3/t8?,9-/m1/s1. The van der Waals surface area contributed by atoms with Gasteiger partial charge in [0.1, 0.15) is 17.7 Å². The molecule has 1 amide bonds. The lowest BCUT2D eigenvalue weighted by molar-refractivity contribution is -0.146. The zero-order valence-corrected chi connectivity index (χ0v) is 11.5. The summed E-state index contributed by atoms with van der Waals surface area (Å²) in [6.07, 6.45) is -0.931. The van der Waals surface area contributed by atoms with Crippen LogP contribution in [0.5, 0.6) is 0 Å². The Balaban J connectivity index is 2.79. The third kappa shape index (κ3) is 4.11. The van der Waals surface area contributed by atoms with Gasteiger partial charge in [-0.25, -0.2) is 9.59 Å². The van der Waals surface area contributed by atoms with Crippen LogP contribution in [0.15, 0.2) is 0 Å². The van der Waals surface area contributed by atoms with E-state index in [-0.39, 0.29) is 13.0 Å². The van der Waals surface area contributed by atoms with E-state index in [0.29, 0.717) is 6.47 Å². The minimum absolute atomic E-state index is 0.118. The monoisotopic (exact) mass is 273 g/mol. The molecule has 0 aromatic carbocycles. The molecule has 0 aliphatic carbocycles. The SMILES string of the molecule is COC(=O)[C@H]1CC(OC=O)CN1C(=O)OC(C)(C)C. The van der Waals surface area contributed by atoms with Gasteiger partial charge in [0.15, 0.2) is 0 Å². The number of nitrogens with zero attached hydrogens (tertiary/aromatic N) is 1. The minimum Gasteiger partial charge on any atom is -0.467 e. The van der Waals surface area contributed by atoms with Crippen molar-refractivity contribution in [2.45, 2.75) is 44.9 Å². The molecule has 1 fully saturated rings. The van der Waals surface area contributed by atoms with E-state index < -0.39 is 29.8 Å². The van der Waals surface area contributed by atoms with E-state index in [2.05, 4.69) is 4.74 Å². The molecule has 1 aliphatic rings. The van der Waals surface area contributed by atoms with Crippen molar-refractivity contribution < 1.29 is 28.6 Å². The highest BCUT2D eigenvalue weighted by Crippen LogP contribution is 2.23. The Morgan fingerprint density at radius 3 is 2.42 bits per heavy atom. The second-order valence-electron chi connectivity index (χ2n) is 5.26. The first-order chi connectivity index (χ1) is 8.78. The topological polar surface area (TPSA) is 82.1 Å². The van der Waals surface area contributed by atoms with E-state index in [1.165, 1.54) is 12.0 Å². The summed E-state index contributed by atoms with van der Waals surface area (Å²) in [5, 5.41) is 0. The number of methoxy groups -OCH3 is 1. The summed E-state index contributed by atoms with van der Waals surface area (Å²) < 4.78 is 14.6. The summed E-state index contributed by atoms with van der Waals surface area (Å²) >= 11 is 0. The van der Waals surface area contributed by atoms with Gasteiger partial charge in [-0.05, 0) is 20.8 Å². The Morgan fingerprint density at radius 1 is 1.32 bits per heavy atom. The first-order valence-corrected chi connectivity index (χ1v) is 5.95. The van der Waals surface area contributed by atoms with E-state index in [1.807, 2.05) is 0 Å². The van der Waals surface area contributed by atoms with Crippen LogP contribution in [-0.2, 0) is 23.8 Å². The number of esters is 1. The van der Waals surface area contributed by atoms with Crippen LogP contribution in [0.4, 0.5) is 4.79 Å². The van der Waals surface area contributed by atoms with Gasteiger partial charge in [-0.1, -0.05) is 0 Å². The number of carbonyl (C=O) groups excluding carboxylic acids is 3. The van der Waals surface area contributed by atoms with Crippen LogP contribution in [0.1, 0.15) is 27.2 Å². The first-order valence-electron chi connectivity index (χ1n) is 5.95. The molecule has 0 bridgehead atoms. The van der Waals surface area contributed by atoms with Crippen molar-refractivity contribution in [2.24, 2.45) is 0 Å². The van der Waals surface area contributed by atoms with Crippen LogP contribution in [0, 0.1) is 0 Å². The van der Waals surface area contributed by atoms with E-state index in [0.717, 1.165) is 0 Å². The summed E-state index contributed by atoms with van der Waals surface area (Å²) in [4.78, 5) is 35.2. The number of likely N-dealkylation sites (tertiary alicyclic amines) is 1. The maximum absolute atomic E-state index is 12.0. The van der Waals surface area contributed by atoms with Crippen molar-refractivity contribution in [3.05, 3.63) is 0 Å².